The largest absolute Gasteiger partial charge is 0.444 e. The fraction of sp³-hybridized carbons (Fsp3) is 0.625. The Labute approximate surface area is 185 Å². The molecule has 0 saturated heterocycles. The van der Waals surface area contributed by atoms with Crippen LogP contribution in [-0.2, 0) is 9.53 Å². The molecule has 1 saturated carbocycles. The molecule has 1 aromatic carbocycles. The van der Waals surface area contributed by atoms with E-state index in [0.29, 0.717) is 17.8 Å². The first-order valence-corrected chi connectivity index (χ1v) is 11.2. The molecule has 0 bridgehead atoms. The average Bonchev–Trinajstić information content (AvgIpc) is 2.91. The summed E-state index contributed by atoms with van der Waals surface area (Å²) in [6.07, 6.45) is 5.38. The molecule has 1 aromatic rings. The fourth-order valence-electron chi connectivity index (χ4n) is 3.61. The number of ether oxygens (including phenoxy) is 1. The number of nitrogens with one attached hydrogen (secondary N) is 3. The van der Waals surface area contributed by atoms with Gasteiger partial charge in [-0.15, -0.1) is 0 Å². The van der Waals surface area contributed by atoms with Crippen LogP contribution in [0.4, 0.5) is 10.5 Å². The van der Waals surface area contributed by atoms with Gasteiger partial charge in [0.05, 0.1) is 5.54 Å². The van der Waals surface area contributed by atoms with Gasteiger partial charge in [-0.2, -0.15) is 0 Å². The van der Waals surface area contributed by atoms with Crippen LogP contribution in [0.2, 0.25) is 0 Å². The zero-order valence-corrected chi connectivity index (χ0v) is 19.5. The molecule has 0 spiro atoms. The highest BCUT2D eigenvalue weighted by Gasteiger charge is 2.34. The molecule has 0 unspecified atom stereocenters. The van der Waals surface area contributed by atoms with E-state index in [1.807, 2.05) is 34.6 Å². The van der Waals surface area contributed by atoms with E-state index in [1.54, 1.807) is 24.3 Å². The van der Waals surface area contributed by atoms with Crippen LogP contribution in [0.1, 0.15) is 83.5 Å². The van der Waals surface area contributed by atoms with Crippen LogP contribution < -0.4 is 16.0 Å². The first kappa shape index (κ1) is 24.7. The second kappa shape index (κ2) is 10.6. The predicted octanol–water partition coefficient (Wildman–Crippen LogP) is 4.63. The summed E-state index contributed by atoms with van der Waals surface area (Å²) in [6, 6.07) is 6.81. The van der Waals surface area contributed by atoms with Gasteiger partial charge in [0, 0.05) is 23.7 Å². The normalized spacial score (nSPS) is 16.2. The van der Waals surface area contributed by atoms with E-state index in [0.717, 1.165) is 38.5 Å². The van der Waals surface area contributed by atoms with E-state index in [-0.39, 0.29) is 17.7 Å². The van der Waals surface area contributed by atoms with Crippen molar-refractivity contribution in [2.24, 2.45) is 5.92 Å². The highest BCUT2D eigenvalue weighted by atomic mass is 16.6. The summed E-state index contributed by atoms with van der Waals surface area (Å²) in [5, 5.41) is 8.85. The number of hydrogen-bond acceptors (Lipinski definition) is 4. The molecule has 0 heterocycles. The number of amides is 3. The van der Waals surface area contributed by atoms with Gasteiger partial charge < -0.3 is 20.7 Å². The Kier molecular flexibility index (Phi) is 8.48. The van der Waals surface area contributed by atoms with Gasteiger partial charge >= 0.3 is 6.09 Å². The monoisotopic (exact) mass is 431 g/mol. The van der Waals surface area contributed by atoms with Gasteiger partial charge in [0.1, 0.15) is 5.60 Å². The molecule has 7 nitrogen and oxygen atoms in total. The summed E-state index contributed by atoms with van der Waals surface area (Å²) in [5.41, 5.74) is 0.0664. The SMILES string of the molecule is CC(C)C(=O)Nc1ccc(C(=O)NCC2(NC(=O)OC(C)(C)C)CCCCCC2)cc1. The molecule has 2 rings (SSSR count). The van der Waals surface area contributed by atoms with Crippen molar-refractivity contribution >= 4 is 23.6 Å². The third kappa shape index (κ3) is 8.23. The minimum Gasteiger partial charge on any atom is -0.444 e. The number of benzene rings is 1. The Balaban J connectivity index is 2.02. The smallest absolute Gasteiger partial charge is 0.408 e. The lowest BCUT2D eigenvalue weighted by Gasteiger charge is -2.35. The highest BCUT2D eigenvalue weighted by molar-refractivity contribution is 5.96. The summed E-state index contributed by atoms with van der Waals surface area (Å²) in [5.74, 6) is -0.395. The quantitative estimate of drug-likeness (QED) is 0.572. The Bertz CT molecular complexity index is 758. The Morgan fingerprint density at radius 1 is 1.00 bits per heavy atom. The van der Waals surface area contributed by atoms with Gasteiger partial charge in [-0.3, -0.25) is 9.59 Å². The molecule has 3 amide bonds. The van der Waals surface area contributed by atoms with Gasteiger partial charge in [0.15, 0.2) is 0 Å². The van der Waals surface area contributed by atoms with Crippen molar-refractivity contribution in [1.82, 2.24) is 10.6 Å². The molecule has 1 aliphatic rings. The first-order chi connectivity index (χ1) is 14.5. The molecule has 0 atom stereocenters. The molecule has 172 valence electrons. The topological polar surface area (TPSA) is 96.5 Å². The number of carbonyl (C=O) groups excluding carboxylic acids is 3. The lowest BCUT2D eigenvalue weighted by Crippen LogP contribution is -2.56. The molecular weight excluding hydrogens is 394 g/mol. The van der Waals surface area contributed by atoms with Crippen LogP contribution in [0.25, 0.3) is 0 Å². The van der Waals surface area contributed by atoms with Gasteiger partial charge in [0.25, 0.3) is 5.91 Å². The van der Waals surface area contributed by atoms with Crippen molar-refractivity contribution in [3.8, 4) is 0 Å². The molecule has 1 fully saturated rings. The summed E-state index contributed by atoms with van der Waals surface area (Å²) in [4.78, 5) is 37.0. The first-order valence-electron chi connectivity index (χ1n) is 11.2. The van der Waals surface area contributed by atoms with Crippen LogP contribution >= 0.6 is 0 Å². The summed E-state index contributed by atoms with van der Waals surface area (Å²) in [6.45, 7) is 9.50. The number of alkyl carbamates (subject to hydrolysis) is 1. The van der Waals surface area contributed by atoms with E-state index < -0.39 is 17.2 Å². The third-order valence-electron chi connectivity index (χ3n) is 5.35. The summed E-state index contributed by atoms with van der Waals surface area (Å²) in [7, 11) is 0. The van der Waals surface area contributed by atoms with E-state index in [4.69, 9.17) is 4.74 Å². The molecule has 7 heteroatoms. The maximum Gasteiger partial charge on any atom is 0.408 e. The van der Waals surface area contributed by atoms with Gasteiger partial charge in [-0.1, -0.05) is 39.5 Å². The Morgan fingerprint density at radius 3 is 2.10 bits per heavy atom. The minimum absolute atomic E-state index is 0.0688. The standard InChI is InChI=1S/C24H37N3O4/c1-17(2)20(28)26-19-12-10-18(11-13-19)21(29)25-16-24(14-8-6-7-9-15-24)27-22(30)31-23(3,4)5/h10-13,17H,6-9,14-16H2,1-5H3,(H,25,29)(H,26,28)(H,27,30). The molecule has 0 aromatic heterocycles. The number of hydrogen-bond donors (Lipinski definition) is 3. The van der Waals surface area contributed by atoms with Crippen molar-refractivity contribution in [2.45, 2.75) is 84.3 Å². The molecule has 3 N–H and O–H groups in total. The Hall–Kier alpha value is -2.57. The average molecular weight is 432 g/mol. The van der Waals surface area contributed by atoms with Gasteiger partial charge in [-0.05, 0) is 57.9 Å². The maximum absolute atomic E-state index is 12.7. The van der Waals surface area contributed by atoms with Gasteiger partial charge in [-0.25, -0.2) is 4.79 Å². The number of anilines is 1. The zero-order valence-electron chi connectivity index (χ0n) is 19.5. The van der Waals surface area contributed by atoms with Crippen molar-refractivity contribution in [2.75, 3.05) is 11.9 Å². The molecule has 1 aliphatic carbocycles. The van der Waals surface area contributed by atoms with Crippen molar-refractivity contribution in [3.05, 3.63) is 29.8 Å². The molecule has 31 heavy (non-hydrogen) atoms. The minimum atomic E-state index is -0.577. The molecular formula is C24H37N3O4. The van der Waals surface area contributed by atoms with Crippen LogP contribution in [0.5, 0.6) is 0 Å². The third-order valence-corrected chi connectivity index (χ3v) is 5.35. The predicted molar refractivity (Wildman–Crippen MR) is 122 cm³/mol. The fourth-order valence-corrected chi connectivity index (χ4v) is 3.61. The van der Waals surface area contributed by atoms with Crippen LogP contribution in [0, 0.1) is 5.92 Å². The van der Waals surface area contributed by atoms with Crippen LogP contribution in [0.15, 0.2) is 24.3 Å². The van der Waals surface area contributed by atoms with Crippen molar-refractivity contribution < 1.29 is 19.1 Å². The van der Waals surface area contributed by atoms with E-state index in [1.165, 1.54) is 0 Å². The van der Waals surface area contributed by atoms with E-state index in [2.05, 4.69) is 16.0 Å². The summed E-state index contributed by atoms with van der Waals surface area (Å²) < 4.78 is 5.46. The Morgan fingerprint density at radius 2 is 1.58 bits per heavy atom. The van der Waals surface area contributed by atoms with Crippen molar-refractivity contribution in [3.63, 3.8) is 0 Å². The second-order valence-corrected chi connectivity index (χ2v) is 9.73. The van der Waals surface area contributed by atoms with Gasteiger partial charge in [0.2, 0.25) is 5.91 Å². The highest BCUT2D eigenvalue weighted by Crippen LogP contribution is 2.27. The summed E-state index contributed by atoms with van der Waals surface area (Å²) >= 11 is 0. The van der Waals surface area contributed by atoms with Crippen LogP contribution in [-0.4, -0.2) is 35.6 Å². The molecule has 0 radical (unpaired) electrons. The number of carbonyl (C=O) groups is 3. The zero-order chi connectivity index (χ0) is 23.1. The van der Waals surface area contributed by atoms with Crippen LogP contribution in [0.3, 0.4) is 0 Å². The maximum atomic E-state index is 12.7. The lowest BCUT2D eigenvalue weighted by molar-refractivity contribution is -0.118. The second-order valence-electron chi connectivity index (χ2n) is 9.73. The molecule has 0 aliphatic heterocycles. The van der Waals surface area contributed by atoms with Crippen molar-refractivity contribution in [1.29, 1.82) is 0 Å². The van der Waals surface area contributed by atoms with E-state index in [9.17, 15) is 14.4 Å². The van der Waals surface area contributed by atoms with E-state index >= 15 is 0 Å². The lowest BCUT2D eigenvalue weighted by atomic mass is 9.90. The number of rotatable bonds is 6.